The van der Waals surface area contributed by atoms with Crippen molar-refractivity contribution in [3.63, 3.8) is 0 Å². The molecule has 0 spiro atoms. The highest BCUT2D eigenvalue weighted by Gasteiger charge is 2.17. The van der Waals surface area contributed by atoms with Crippen LogP contribution in [-0.4, -0.2) is 30.0 Å². The van der Waals surface area contributed by atoms with Crippen LogP contribution in [-0.2, 0) is 16.3 Å². The first-order chi connectivity index (χ1) is 17.7. The predicted octanol–water partition coefficient (Wildman–Crippen LogP) is 6.21. The second kappa shape index (κ2) is 9.84. The number of imidazole rings is 1. The third-order valence-electron chi connectivity index (χ3n) is 6.17. The van der Waals surface area contributed by atoms with Gasteiger partial charge in [-0.05, 0) is 78.6 Å². The number of benzene rings is 3. The highest BCUT2D eigenvalue weighted by molar-refractivity contribution is 7.90. The van der Waals surface area contributed by atoms with Crippen molar-refractivity contribution in [1.29, 1.82) is 0 Å². The molecule has 8 heteroatoms. The van der Waals surface area contributed by atoms with Crippen LogP contribution < -0.4 is 5.32 Å². The van der Waals surface area contributed by atoms with Crippen LogP contribution in [0.2, 0.25) is 5.02 Å². The van der Waals surface area contributed by atoms with Crippen molar-refractivity contribution in [2.24, 2.45) is 0 Å². The molecule has 0 aliphatic carbocycles. The smallest absolute Gasteiger partial charge is 0.255 e. The van der Waals surface area contributed by atoms with E-state index >= 15 is 0 Å². The van der Waals surface area contributed by atoms with Gasteiger partial charge in [0.2, 0.25) is 0 Å². The largest absolute Gasteiger partial charge is 0.322 e. The van der Waals surface area contributed by atoms with Crippen molar-refractivity contribution in [3.05, 3.63) is 119 Å². The van der Waals surface area contributed by atoms with Gasteiger partial charge in [-0.3, -0.25) is 4.79 Å². The van der Waals surface area contributed by atoms with Gasteiger partial charge in [0, 0.05) is 40.5 Å². The highest BCUT2D eigenvalue weighted by Crippen LogP contribution is 2.25. The molecule has 0 unspecified atom stereocenters. The van der Waals surface area contributed by atoms with Gasteiger partial charge in [-0.25, -0.2) is 13.4 Å². The van der Waals surface area contributed by atoms with Crippen LogP contribution in [0.1, 0.15) is 27.0 Å². The van der Waals surface area contributed by atoms with Crippen LogP contribution in [0.5, 0.6) is 0 Å². The molecule has 0 radical (unpaired) electrons. The minimum atomic E-state index is -3.43. The molecule has 0 aliphatic heterocycles. The number of anilines is 1. The molecule has 1 N–H and O–H groups in total. The maximum atomic E-state index is 13.3. The van der Waals surface area contributed by atoms with Gasteiger partial charge in [0.1, 0.15) is 5.65 Å². The summed E-state index contributed by atoms with van der Waals surface area (Å²) in [4.78, 5) is 18.1. The number of pyridine rings is 1. The number of hydrogen-bond donors (Lipinski definition) is 1. The minimum absolute atomic E-state index is 0.167. The lowest BCUT2D eigenvalue weighted by Crippen LogP contribution is -2.15. The zero-order chi connectivity index (χ0) is 26.2. The molecule has 0 atom stereocenters. The van der Waals surface area contributed by atoms with Crippen LogP contribution in [0.4, 0.5) is 5.69 Å². The fourth-order valence-corrected chi connectivity index (χ4v) is 5.00. The number of nitrogens with one attached hydrogen (secondary N) is 1. The van der Waals surface area contributed by atoms with E-state index < -0.39 is 9.84 Å². The van der Waals surface area contributed by atoms with Crippen molar-refractivity contribution >= 4 is 38.7 Å². The van der Waals surface area contributed by atoms with Crippen molar-refractivity contribution in [3.8, 4) is 11.3 Å². The zero-order valence-corrected chi connectivity index (χ0v) is 21.8. The van der Waals surface area contributed by atoms with Gasteiger partial charge in [0.05, 0.1) is 10.6 Å². The Balaban J connectivity index is 1.41. The summed E-state index contributed by atoms with van der Waals surface area (Å²) in [6.45, 7) is 2.02. The number of halogens is 1. The summed E-state index contributed by atoms with van der Waals surface area (Å²) < 4.78 is 26.3. The van der Waals surface area contributed by atoms with E-state index in [-0.39, 0.29) is 10.8 Å². The molecule has 6 nitrogen and oxygen atoms in total. The van der Waals surface area contributed by atoms with Crippen LogP contribution >= 0.6 is 11.6 Å². The van der Waals surface area contributed by atoms with Crippen LogP contribution in [0.15, 0.2) is 96.2 Å². The van der Waals surface area contributed by atoms with Crippen molar-refractivity contribution in [2.45, 2.75) is 18.2 Å². The predicted molar refractivity (Wildman–Crippen MR) is 147 cm³/mol. The van der Waals surface area contributed by atoms with E-state index in [1.165, 1.54) is 6.07 Å². The number of rotatable bonds is 6. The van der Waals surface area contributed by atoms with Crippen LogP contribution in [0, 0.1) is 6.92 Å². The Hall–Kier alpha value is -3.94. The van der Waals surface area contributed by atoms with E-state index in [4.69, 9.17) is 16.6 Å². The molecule has 3 aromatic carbocycles. The van der Waals surface area contributed by atoms with Gasteiger partial charge in [0.15, 0.2) is 9.84 Å². The van der Waals surface area contributed by atoms with Crippen molar-refractivity contribution < 1.29 is 13.2 Å². The van der Waals surface area contributed by atoms with Crippen molar-refractivity contribution in [1.82, 2.24) is 9.38 Å². The lowest BCUT2D eigenvalue weighted by Gasteiger charge is -2.13. The number of aromatic nitrogens is 2. The second-order valence-corrected chi connectivity index (χ2v) is 11.4. The van der Waals surface area contributed by atoms with E-state index in [0.717, 1.165) is 34.3 Å². The fraction of sp³-hybridized carbons (Fsp3) is 0.103. The minimum Gasteiger partial charge on any atom is -0.322 e. The SMILES string of the molecule is Cc1cccn2cc(-c3ccc(NC(=O)c4ccc(S(C)(=O)=O)cc4Cc4ccc(Cl)cc4)cc3)nc12. The summed E-state index contributed by atoms with van der Waals surface area (Å²) in [6.07, 6.45) is 5.47. The van der Waals surface area contributed by atoms with E-state index in [0.29, 0.717) is 28.3 Å². The summed E-state index contributed by atoms with van der Waals surface area (Å²) in [6, 6.07) is 23.3. The summed E-state index contributed by atoms with van der Waals surface area (Å²) >= 11 is 6.00. The van der Waals surface area contributed by atoms with E-state index in [1.54, 1.807) is 24.3 Å². The first-order valence-electron chi connectivity index (χ1n) is 11.6. The number of nitrogens with zero attached hydrogens (tertiary/aromatic N) is 2. The molecule has 0 saturated heterocycles. The monoisotopic (exact) mass is 529 g/mol. The Morgan fingerprint density at radius 2 is 1.73 bits per heavy atom. The summed E-state index contributed by atoms with van der Waals surface area (Å²) in [5, 5.41) is 3.54. The molecule has 5 aromatic rings. The molecule has 0 aliphatic rings. The molecule has 0 saturated carbocycles. The molecular weight excluding hydrogens is 506 g/mol. The average molecular weight is 530 g/mol. The molecule has 0 fully saturated rings. The summed E-state index contributed by atoms with van der Waals surface area (Å²) in [5.74, 6) is -0.319. The number of hydrogen-bond acceptors (Lipinski definition) is 4. The Bertz CT molecular complexity index is 1730. The highest BCUT2D eigenvalue weighted by atomic mass is 35.5. The standard InChI is InChI=1S/C29H24ClN3O3S/c1-19-4-3-15-33-18-27(32-28(19)33)21-7-11-24(12-8-21)31-29(34)26-14-13-25(37(2,35)36)17-22(26)16-20-5-9-23(30)10-6-20/h3-15,17-18H,16H2,1-2H3,(H,31,34). The van der Waals surface area contributed by atoms with Gasteiger partial charge >= 0.3 is 0 Å². The molecule has 2 aromatic heterocycles. The number of amides is 1. The fourth-order valence-electron chi connectivity index (χ4n) is 4.21. The van der Waals surface area contributed by atoms with Gasteiger partial charge in [0.25, 0.3) is 5.91 Å². The van der Waals surface area contributed by atoms with Gasteiger partial charge < -0.3 is 9.72 Å². The molecule has 186 valence electrons. The third-order valence-corrected chi connectivity index (χ3v) is 7.54. The Morgan fingerprint density at radius 3 is 2.41 bits per heavy atom. The second-order valence-electron chi connectivity index (χ2n) is 8.97. The molecule has 5 rings (SSSR count). The number of fused-ring (bicyclic) bond motifs is 1. The number of aryl methyl sites for hydroxylation is 1. The van der Waals surface area contributed by atoms with Gasteiger partial charge in [-0.2, -0.15) is 0 Å². The molecular formula is C29H24ClN3O3S. The zero-order valence-electron chi connectivity index (χ0n) is 20.3. The number of sulfone groups is 1. The van der Waals surface area contributed by atoms with Crippen LogP contribution in [0.25, 0.3) is 16.9 Å². The normalized spacial score (nSPS) is 11.5. The van der Waals surface area contributed by atoms with E-state index in [1.807, 2.05) is 72.2 Å². The number of carbonyl (C=O) groups excluding carboxylic acids is 1. The lowest BCUT2D eigenvalue weighted by molar-refractivity contribution is 0.102. The first kappa shape index (κ1) is 24.7. The maximum Gasteiger partial charge on any atom is 0.255 e. The molecule has 37 heavy (non-hydrogen) atoms. The van der Waals surface area contributed by atoms with Gasteiger partial charge in [-0.15, -0.1) is 0 Å². The Kier molecular flexibility index (Phi) is 6.58. The third kappa shape index (κ3) is 5.43. The van der Waals surface area contributed by atoms with Crippen LogP contribution in [0.3, 0.4) is 0 Å². The molecule has 1 amide bonds. The lowest BCUT2D eigenvalue weighted by atomic mass is 9.99. The van der Waals surface area contributed by atoms with E-state index in [2.05, 4.69) is 5.32 Å². The first-order valence-corrected chi connectivity index (χ1v) is 13.9. The summed E-state index contributed by atoms with van der Waals surface area (Å²) in [7, 11) is -3.43. The maximum absolute atomic E-state index is 13.3. The molecule has 0 bridgehead atoms. The topological polar surface area (TPSA) is 80.5 Å². The quantitative estimate of drug-likeness (QED) is 0.283. The molecule has 2 heterocycles. The average Bonchev–Trinajstić information content (AvgIpc) is 3.31. The summed E-state index contributed by atoms with van der Waals surface area (Å²) in [5.41, 5.74) is 6.32. The van der Waals surface area contributed by atoms with Gasteiger partial charge in [-0.1, -0.05) is 41.9 Å². The Labute approximate surface area is 220 Å². The van der Waals surface area contributed by atoms with Crippen molar-refractivity contribution in [2.75, 3.05) is 11.6 Å². The number of carbonyl (C=O) groups is 1. The van der Waals surface area contributed by atoms with E-state index in [9.17, 15) is 13.2 Å². The Morgan fingerprint density at radius 1 is 1.00 bits per heavy atom.